The van der Waals surface area contributed by atoms with E-state index in [1.807, 2.05) is 35.2 Å². The fraction of sp³-hybridized carbons (Fsp3) is 0.735. The Bertz CT molecular complexity index is 1800. The molecule has 3 aromatic rings. The van der Waals surface area contributed by atoms with Crippen molar-refractivity contribution in [2.24, 2.45) is 0 Å². The maximum atomic E-state index is 5.87. The van der Waals surface area contributed by atoms with Crippen LogP contribution in [-0.4, -0.2) is 213 Å². The topological polar surface area (TPSA) is 265 Å². The highest BCUT2D eigenvalue weighted by molar-refractivity contribution is 5.49. The first-order valence-corrected chi connectivity index (χ1v) is 19.5. The lowest BCUT2D eigenvalue weighted by atomic mass is 10.5. The van der Waals surface area contributed by atoms with Gasteiger partial charge in [-0.15, -0.1) is 0 Å². The molecule has 6 heterocycles. The molecule has 3 N–H and O–H groups in total. The Morgan fingerprint density at radius 2 is 0.803 bits per heavy atom. The average molecular weight is 863 g/mol. The fourth-order valence-corrected chi connectivity index (χ4v) is 5.05. The molecule has 0 spiro atoms. The predicted octanol–water partition coefficient (Wildman–Crippen LogP) is -1.29. The first-order valence-electron chi connectivity index (χ1n) is 19.5. The third-order valence-corrected chi connectivity index (χ3v) is 8.60. The van der Waals surface area contributed by atoms with Crippen LogP contribution in [-0.2, 0) is 42.6 Å². The van der Waals surface area contributed by atoms with Crippen molar-refractivity contribution in [3.8, 4) is 0 Å². The van der Waals surface area contributed by atoms with Gasteiger partial charge in [0.2, 0.25) is 53.5 Å². The summed E-state index contributed by atoms with van der Waals surface area (Å²) in [5, 5.41) is 9.63. The molecule has 3 aliphatic rings. The highest BCUT2D eigenvalue weighted by atomic mass is 16.6. The summed E-state index contributed by atoms with van der Waals surface area (Å²) in [6, 6.07) is 0. The van der Waals surface area contributed by atoms with Crippen LogP contribution in [0.5, 0.6) is 0 Å². The van der Waals surface area contributed by atoms with Crippen LogP contribution in [0.1, 0.15) is 0 Å². The van der Waals surface area contributed by atoms with E-state index in [1.165, 1.54) is 0 Å². The number of methoxy groups -OCH3 is 3. The molecule has 0 aliphatic carbocycles. The van der Waals surface area contributed by atoms with Crippen molar-refractivity contribution in [1.29, 1.82) is 0 Å². The Morgan fingerprint density at radius 3 is 1.15 bits per heavy atom. The quantitative estimate of drug-likeness (QED) is 0.0502. The molecule has 61 heavy (non-hydrogen) atoms. The van der Waals surface area contributed by atoms with E-state index in [-0.39, 0.29) is 89.9 Å². The third-order valence-electron chi connectivity index (χ3n) is 8.60. The minimum atomic E-state index is 0.0916. The molecule has 6 rings (SSSR count). The Morgan fingerprint density at radius 1 is 0.459 bits per heavy atom. The van der Waals surface area contributed by atoms with Crippen LogP contribution in [0, 0.1) is 0 Å². The van der Waals surface area contributed by atoms with Crippen molar-refractivity contribution in [2.75, 3.05) is 195 Å². The zero-order valence-electron chi connectivity index (χ0n) is 36.0. The summed E-state index contributed by atoms with van der Waals surface area (Å²) in [7, 11) is 13.9. The van der Waals surface area contributed by atoms with E-state index in [4.69, 9.17) is 62.6 Å². The first-order chi connectivity index (χ1) is 29.6. The Balaban J connectivity index is 1.22. The van der Waals surface area contributed by atoms with Crippen LogP contribution in [0.3, 0.4) is 0 Å². The summed E-state index contributed by atoms with van der Waals surface area (Å²) >= 11 is 0. The van der Waals surface area contributed by atoms with Crippen molar-refractivity contribution < 1.29 is 42.6 Å². The first kappa shape index (κ1) is 45.4. The van der Waals surface area contributed by atoms with Crippen LogP contribution in [0.25, 0.3) is 0 Å². The number of epoxide rings is 3. The number of rotatable bonds is 31. The predicted molar refractivity (Wildman–Crippen MR) is 222 cm³/mol. The smallest absolute Gasteiger partial charge is 0.235 e. The van der Waals surface area contributed by atoms with Crippen molar-refractivity contribution >= 4 is 53.5 Å². The number of hydrogen-bond donors (Lipinski definition) is 3. The number of nitrogens with zero attached hydrogens (tertiary/aromatic N) is 15. The molecular weight excluding hydrogens is 804 g/mol. The molecule has 3 aromatic heterocycles. The van der Waals surface area contributed by atoms with Crippen molar-refractivity contribution in [3.63, 3.8) is 0 Å². The number of ether oxygens (including phenoxy) is 9. The standard InChI is InChI=1S/C34H58N18O9/c1-47(2)29-38-26(39-30(44-29)48(3)18-56-9-23-12-59-23)35-15-51(21-54-7)33-42-27(40-31(45-33)49(4)19-57-10-24-13-60-24)36-16-52(22-55-8)34-43-28(37-17-53-6)41-32(46-34)50(5)20-58-11-25-14-61-25/h23-25H,9-22H2,1-8H3,(H,35,38,39,44)(H,36,40,42,45)(H,37,41,43,46). The van der Waals surface area contributed by atoms with E-state index in [2.05, 4.69) is 40.9 Å². The lowest BCUT2D eigenvalue weighted by molar-refractivity contribution is 0.118. The van der Waals surface area contributed by atoms with Crippen molar-refractivity contribution in [3.05, 3.63) is 0 Å². The van der Waals surface area contributed by atoms with Crippen LogP contribution in [0.4, 0.5) is 53.5 Å². The maximum absolute atomic E-state index is 5.87. The summed E-state index contributed by atoms with van der Waals surface area (Å²) in [6.45, 7) is 4.80. The molecule has 3 atom stereocenters. The average Bonchev–Trinajstić information content (AvgIpc) is 4.10. The van der Waals surface area contributed by atoms with Crippen molar-refractivity contribution in [1.82, 2.24) is 44.9 Å². The lowest BCUT2D eigenvalue weighted by Gasteiger charge is -2.26. The lowest BCUT2D eigenvalue weighted by Crippen LogP contribution is -2.36. The van der Waals surface area contributed by atoms with Gasteiger partial charge in [-0.25, -0.2) is 0 Å². The molecule has 3 aliphatic heterocycles. The van der Waals surface area contributed by atoms with Gasteiger partial charge >= 0.3 is 0 Å². The van der Waals surface area contributed by atoms with Gasteiger partial charge in [-0.05, 0) is 0 Å². The fourth-order valence-electron chi connectivity index (χ4n) is 5.05. The third kappa shape index (κ3) is 14.8. The summed E-state index contributed by atoms with van der Waals surface area (Å²) in [5.41, 5.74) is 0. The number of hydrogen-bond acceptors (Lipinski definition) is 27. The Hall–Kier alpha value is -5.13. The molecule has 3 fully saturated rings. The molecule has 0 bridgehead atoms. The summed E-state index contributed by atoms with van der Waals surface area (Å²) in [5.74, 6) is 2.96. The largest absolute Gasteiger partial charge is 0.371 e. The van der Waals surface area contributed by atoms with E-state index in [1.54, 1.807) is 50.7 Å². The van der Waals surface area contributed by atoms with Gasteiger partial charge in [0.05, 0.1) is 53.0 Å². The van der Waals surface area contributed by atoms with Gasteiger partial charge in [0.25, 0.3) is 0 Å². The van der Waals surface area contributed by atoms with Gasteiger partial charge in [-0.1, -0.05) is 0 Å². The van der Waals surface area contributed by atoms with Crippen molar-refractivity contribution in [2.45, 2.75) is 18.3 Å². The highest BCUT2D eigenvalue weighted by Gasteiger charge is 2.26. The van der Waals surface area contributed by atoms with Crippen LogP contribution in [0.2, 0.25) is 0 Å². The number of anilines is 9. The number of nitrogens with one attached hydrogen (secondary N) is 3. The second-order valence-electron chi connectivity index (χ2n) is 14.3. The summed E-state index contributed by atoms with van der Waals surface area (Å²) < 4.78 is 49.6. The van der Waals surface area contributed by atoms with Gasteiger partial charge in [-0.3, -0.25) is 9.80 Å². The summed E-state index contributed by atoms with van der Waals surface area (Å²) in [6.07, 6.45) is 0.350. The zero-order chi connectivity index (χ0) is 43.1. The van der Waals surface area contributed by atoms with E-state index < -0.39 is 0 Å². The second-order valence-corrected chi connectivity index (χ2v) is 14.3. The minimum Gasteiger partial charge on any atom is -0.371 e. The Labute approximate surface area is 354 Å². The monoisotopic (exact) mass is 862 g/mol. The van der Waals surface area contributed by atoms with Gasteiger partial charge in [0.1, 0.15) is 58.7 Å². The van der Waals surface area contributed by atoms with Gasteiger partial charge in [0, 0.05) is 56.6 Å². The van der Waals surface area contributed by atoms with E-state index in [9.17, 15) is 0 Å². The van der Waals surface area contributed by atoms with E-state index >= 15 is 0 Å². The summed E-state index contributed by atoms with van der Waals surface area (Å²) in [4.78, 5) is 52.7. The van der Waals surface area contributed by atoms with Crippen LogP contribution < -0.4 is 45.3 Å². The second kappa shape index (κ2) is 22.6. The van der Waals surface area contributed by atoms with E-state index in [0.717, 1.165) is 0 Å². The van der Waals surface area contributed by atoms with Gasteiger partial charge in [-0.2, -0.15) is 44.9 Å². The maximum Gasteiger partial charge on any atom is 0.235 e. The molecule has 0 amide bonds. The molecule has 0 saturated carbocycles. The molecule has 27 nitrogen and oxygen atoms in total. The normalized spacial score (nSPS) is 17.4. The van der Waals surface area contributed by atoms with E-state index in [0.29, 0.717) is 75.3 Å². The van der Waals surface area contributed by atoms with Gasteiger partial charge in [0.15, 0.2) is 0 Å². The Kier molecular flexibility index (Phi) is 16.8. The van der Waals surface area contributed by atoms with Crippen LogP contribution in [0.15, 0.2) is 0 Å². The molecule has 338 valence electrons. The molecule has 3 unspecified atom stereocenters. The van der Waals surface area contributed by atoms with Gasteiger partial charge < -0.3 is 78.2 Å². The number of aromatic nitrogens is 9. The highest BCUT2D eigenvalue weighted by Crippen LogP contribution is 2.21. The SMILES string of the molecule is COCNc1nc(N(C)COCC2CO2)nc(N(CNc2nc(N(C)COCC3CO3)nc(N(CNc3nc(N(C)C)nc(N(C)COCC4CO4)n3)COC)n2)COC)n1. The minimum absolute atomic E-state index is 0.0916. The zero-order valence-corrected chi connectivity index (χ0v) is 36.0. The van der Waals surface area contributed by atoms with Crippen LogP contribution >= 0.6 is 0 Å². The molecule has 27 heteroatoms. The molecule has 3 saturated heterocycles. The molecule has 0 aromatic carbocycles. The molecular formula is C34H58N18O9. The molecule has 0 radical (unpaired) electrons.